The van der Waals surface area contributed by atoms with Crippen LogP contribution in [0.15, 0.2) is 0 Å². The van der Waals surface area contributed by atoms with Gasteiger partial charge in [-0.15, -0.1) is 0 Å². The Bertz CT molecular complexity index is 310. The van der Waals surface area contributed by atoms with Crippen molar-refractivity contribution >= 4 is 12.3 Å². The van der Waals surface area contributed by atoms with E-state index in [1.54, 1.807) is 18.7 Å². The Morgan fingerprint density at radius 2 is 2.05 bits per heavy atom. The number of likely N-dealkylation sites (tertiary alicyclic amines) is 1. The highest BCUT2D eigenvalue weighted by molar-refractivity contribution is 5.79. The number of amides is 2. The van der Waals surface area contributed by atoms with Crippen LogP contribution in [0.1, 0.15) is 33.1 Å². The van der Waals surface area contributed by atoms with E-state index in [-0.39, 0.29) is 24.5 Å². The third-order valence-electron chi connectivity index (χ3n) is 3.87. The first kappa shape index (κ1) is 15.9. The molecule has 6 heteroatoms. The molecule has 110 valence electrons. The second kappa shape index (κ2) is 6.86. The van der Waals surface area contributed by atoms with Gasteiger partial charge in [-0.3, -0.25) is 9.59 Å². The van der Waals surface area contributed by atoms with Crippen molar-refractivity contribution in [1.82, 2.24) is 10.2 Å². The molecule has 1 heterocycles. The summed E-state index contributed by atoms with van der Waals surface area (Å²) in [5, 5.41) is 21.4. The van der Waals surface area contributed by atoms with Crippen molar-refractivity contribution < 1.29 is 19.8 Å². The average molecular weight is 272 g/mol. The van der Waals surface area contributed by atoms with Crippen LogP contribution in [-0.4, -0.2) is 58.8 Å². The van der Waals surface area contributed by atoms with Gasteiger partial charge in [-0.2, -0.15) is 0 Å². The first-order valence-corrected chi connectivity index (χ1v) is 6.73. The molecule has 1 aliphatic rings. The summed E-state index contributed by atoms with van der Waals surface area (Å²) >= 11 is 0. The average Bonchev–Trinajstić information content (AvgIpc) is 2.37. The largest absolute Gasteiger partial charge is 0.396 e. The zero-order valence-electron chi connectivity index (χ0n) is 11.6. The Kier molecular flexibility index (Phi) is 5.75. The van der Waals surface area contributed by atoms with E-state index in [0.717, 1.165) is 0 Å². The Hall–Kier alpha value is -1.14. The van der Waals surface area contributed by atoms with E-state index < -0.39 is 5.60 Å². The minimum Gasteiger partial charge on any atom is -0.396 e. The van der Waals surface area contributed by atoms with E-state index >= 15 is 0 Å². The second-order valence-electron chi connectivity index (χ2n) is 5.51. The number of piperidine rings is 1. The zero-order chi connectivity index (χ0) is 14.5. The van der Waals surface area contributed by atoms with E-state index in [1.165, 1.54) is 0 Å². The van der Waals surface area contributed by atoms with Crippen LogP contribution in [-0.2, 0) is 9.59 Å². The first-order valence-electron chi connectivity index (χ1n) is 6.73. The first-order chi connectivity index (χ1) is 8.91. The number of hydrogen-bond donors (Lipinski definition) is 3. The molecule has 1 aliphatic heterocycles. The molecule has 0 aromatic heterocycles. The molecule has 0 saturated carbocycles. The summed E-state index contributed by atoms with van der Waals surface area (Å²) in [6.45, 7) is 4.52. The van der Waals surface area contributed by atoms with Gasteiger partial charge in [0.2, 0.25) is 12.3 Å². The fourth-order valence-corrected chi connectivity index (χ4v) is 2.37. The van der Waals surface area contributed by atoms with Crippen molar-refractivity contribution in [3.8, 4) is 0 Å². The lowest BCUT2D eigenvalue weighted by Crippen LogP contribution is -2.50. The molecule has 2 unspecified atom stereocenters. The number of carbonyl (C=O) groups excluding carboxylic acids is 2. The molecule has 0 spiro atoms. The lowest BCUT2D eigenvalue weighted by molar-refractivity contribution is -0.139. The fraction of sp³-hybridized carbons (Fsp3) is 0.846. The number of aliphatic hydroxyl groups excluding tert-OH is 1. The van der Waals surface area contributed by atoms with Gasteiger partial charge in [0.05, 0.1) is 11.5 Å². The third kappa shape index (κ3) is 4.47. The van der Waals surface area contributed by atoms with E-state index in [1.807, 2.05) is 0 Å². The number of rotatable bonds is 6. The monoisotopic (exact) mass is 272 g/mol. The predicted molar refractivity (Wildman–Crippen MR) is 70.3 cm³/mol. The lowest BCUT2D eigenvalue weighted by Gasteiger charge is -2.38. The third-order valence-corrected chi connectivity index (χ3v) is 3.87. The Morgan fingerprint density at radius 1 is 1.47 bits per heavy atom. The van der Waals surface area contributed by atoms with Crippen molar-refractivity contribution in [3.63, 3.8) is 0 Å². The van der Waals surface area contributed by atoms with Crippen LogP contribution in [0.25, 0.3) is 0 Å². The summed E-state index contributed by atoms with van der Waals surface area (Å²) in [7, 11) is 0. The topological polar surface area (TPSA) is 89.9 Å². The Labute approximate surface area is 113 Å². The number of nitrogens with zero attached hydrogens (tertiary/aromatic N) is 1. The fourth-order valence-electron chi connectivity index (χ4n) is 2.37. The van der Waals surface area contributed by atoms with Crippen molar-refractivity contribution in [2.45, 2.75) is 44.8 Å². The summed E-state index contributed by atoms with van der Waals surface area (Å²) in [5.41, 5.74) is -0.689. The maximum Gasteiger partial charge on any atom is 0.227 e. The van der Waals surface area contributed by atoms with Crippen LogP contribution in [0.3, 0.4) is 0 Å². The molecular weight excluding hydrogens is 248 g/mol. The molecule has 0 radical (unpaired) electrons. The van der Waals surface area contributed by atoms with Gasteiger partial charge in [0.15, 0.2) is 0 Å². The molecule has 6 nitrogen and oxygen atoms in total. The molecular formula is C13H24N2O4. The molecule has 1 saturated heterocycles. The zero-order valence-corrected chi connectivity index (χ0v) is 11.6. The highest BCUT2D eigenvalue weighted by Crippen LogP contribution is 2.23. The van der Waals surface area contributed by atoms with E-state index in [2.05, 4.69) is 5.32 Å². The molecule has 1 rings (SSSR count). The molecule has 0 aliphatic carbocycles. The minimum atomic E-state index is -0.689. The Morgan fingerprint density at radius 3 is 2.53 bits per heavy atom. The summed E-state index contributed by atoms with van der Waals surface area (Å²) in [6.07, 6.45) is 2.05. The van der Waals surface area contributed by atoms with Crippen LogP contribution >= 0.6 is 0 Å². The summed E-state index contributed by atoms with van der Waals surface area (Å²) in [5.74, 6) is -0.413. The normalized spacial score (nSPS) is 21.6. The van der Waals surface area contributed by atoms with Gasteiger partial charge in [0, 0.05) is 25.7 Å². The quantitative estimate of drug-likeness (QED) is 0.568. The number of aliphatic hydroxyl groups is 2. The standard InChI is InChI=1S/C13H24N2O4/c1-10(11(3-8-16)14-9-17)12(18)15-6-4-13(2,19)5-7-15/h9-11,16,19H,3-8H2,1-2H3,(H,14,17). The molecule has 1 fully saturated rings. The lowest BCUT2D eigenvalue weighted by atomic mass is 9.91. The number of nitrogens with one attached hydrogen (secondary N) is 1. The molecule has 0 aromatic carbocycles. The van der Waals surface area contributed by atoms with Gasteiger partial charge in [0.25, 0.3) is 0 Å². The van der Waals surface area contributed by atoms with Gasteiger partial charge in [-0.1, -0.05) is 6.92 Å². The number of carbonyl (C=O) groups is 2. The number of hydrogen-bond acceptors (Lipinski definition) is 4. The predicted octanol–water partition coefficient (Wildman–Crippen LogP) is -0.507. The van der Waals surface area contributed by atoms with Gasteiger partial charge >= 0.3 is 0 Å². The molecule has 19 heavy (non-hydrogen) atoms. The van der Waals surface area contributed by atoms with Crippen molar-refractivity contribution in [2.24, 2.45) is 5.92 Å². The summed E-state index contributed by atoms with van der Waals surface area (Å²) in [4.78, 5) is 24.6. The van der Waals surface area contributed by atoms with Crippen LogP contribution in [0.4, 0.5) is 0 Å². The van der Waals surface area contributed by atoms with Crippen LogP contribution in [0, 0.1) is 5.92 Å². The van der Waals surface area contributed by atoms with E-state index in [9.17, 15) is 14.7 Å². The Balaban J connectivity index is 2.58. The van der Waals surface area contributed by atoms with Crippen molar-refractivity contribution in [3.05, 3.63) is 0 Å². The maximum absolute atomic E-state index is 12.3. The van der Waals surface area contributed by atoms with Crippen molar-refractivity contribution in [1.29, 1.82) is 0 Å². The SMILES string of the molecule is CC(C(=O)N1CCC(C)(O)CC1)C(CCO)NC=O. The van der Waals surface area contributed by atoms with E-state index in [0.29, 0.717) is 38.8 Å². The smallest absolute Gasteiger partial charge is 0.227 e. The molecule has 0 bridgehead atoms. The summed E-state index contributed by atoms with van der Waals surface area (Å²) in [6, 6.07) is -0.350. The van der Waals surface area contributed by atoms with Gasteiger partial charge < -0.3 is 20.4 Å². The van der Waals surface area contributed by atoms with Gasteiger partial charge in [-0.05, 0) is 26.2 Å². The van der Waals surface area contributed by atoms with Crippen LogP contribution in [0.2, 0.25) is 0 Å². The highest BCUT2D eigenvalue weighted by Gasteiger charge is 2.33. The molecule has 3 N–H and O–H groups in total. The maximum atomic E-state index is 12.3. The molecule has 2 atom stereocenters. The molecule has 0 aromatic rings. The van der Waals surface area contributed by atoms with E-state index in [4.69, 9.17) is 5.11 Å². The summed E-state index contributed by atoms with van der Waals surface area (Å²) < 4.78 is 0. The molecule has 2 amide bonds. The second-order valence-corrected chi connectivity index (χ2v) is 5.51. The van der Waals surface area contributed by atoms with Crippen molar-refractivity contribution in [2.75, 3.05) is 19.7 Å². The van der Waals surface area contributed by atoms with Gasteiger partial charge in [-0.25, -0.2) is 0 Å². The van der Waals surface area contributed by atoms with Gasteiger partial charge in [0.1, 0.15) is 0 Å². The van der Waals surface area contributed by atoms with Crippen LogP contribution < -0.4 is 5.32 Å². The minimum absolute atomic E-state index is 0.0386. The highest BCUT2D eigenvalue weighted by atomic mass is 16.3. The van der Waals surface area contributed by atoms with Crippen LogP contribution in [0.5, 0.6) is 0 Å².